The lowest BCUT2D eigenvalue weighted by Gasteiger charge is -2.38. The molecule has 1 aromatic heterocycles. The van der Waals surface area contributed by atoms with Gasteiger partial charge in [-0.05, 0) is 6.92 Å². The summed E-state index contributed by atoms with van der Waals surface area (Å²) >= 11 is 0. The van der Waals surface area contributed by atoms with Gasteiger partial charge in [-0.25, -0.2) is 4.68 Å². The van der Waals surface area contributed by atoms with Crippen LogP contribution in [0.1, 0.15) is 5.69 Å². The molecule has 2 heterocycles. The maximum Gasteiger partial charge on any atom is 0.333 e. The van der Waals surface area contributed by atoms with Crippen LogP contribution in [-0.4, -0.2) is 39.5 Å². The Balaban J connectivity index is 2.30. The van der Waals surface area contributed by atoms with Crippen LogP contribution in [0.5, 0.6) is 0 Å². The Morgan fingerprint density at radius 3 is 2.75 bits per heavy atom. The van der Waals surface area contributed by atoms with E-state index in [4.69, 9.17) is 5.11 Å². The van der Waals surface area contributed by atoms with E-state index < -0.39 is 4.92 Å². The predicted octanol–water partition coefficient (Wildman–Crippen LogP) is 0.0652. The van der Waals surface area contributed by atoms with Gasteiger partial charge in [-0.1, -0.05) is 0 Å². The first-order valence-electron chi connectivity index (χ1n) is 5.08. The van der Waals surface area contributed by atoms with Crippen molar-refractivity contribution in [3.05, 3.63) is 15.8 Å². The normalized spacial score (nSPS) is 16.3. The van der Waals surface area contributed by atoms with Gasteiger partial charge < -0.3 is 10.0 Å². The van der Waals surface area contributed by atoms with Crippen LogP contribution in [0, 0.1) is 23.0 Å². The third-order valence-corrected chi connectivity index (χ3v) is 2.86. The van der Waals surface area contributed by atoms with Crippen molar-refractivity contribution in [3.63, 3.8) is 0 Å². The van der Waals surface area contributed by atoms with Crippen molar-refractivity contribution in [2.75, 3.05) is 24.6 Å². The fourth-order valence-corrected chi connectivity index (χ4v) is 2.06. The zero-order valence-electron chi connectivity index (χ0n) is 9.25. The van der Waals surface area contributed by atoms with Crippen molar-refractivity contribution in [1.29, 1.82) is 0 Å². The first-order chi connectivity index (χ1) is 7.54. The Morgan fingerprint density at radius 1 is 1.62 bits per heavy atom. The number of hydrogen-bond acceptors (Lipinski definition) is 5. The van der Waals surface area contributed by atoms with E-state index in [2.05, 4.69) is 5.10 Å². The molecule has 0 aromatic carbocycles. The van der Waals surface area contributed by atoms with E-state index in [-0.39, 0.29) is 18.2 Å². The van der Waals surface area contributed by atoms with Crippen LogP contribution < -0.4 is 4.90 Å². The molecule has 1 aliphatic rings. The molecule has 0 amide bonds. The molecule has 2 rings (SSSR count). The summed E-state index contributed by atoms with van der Waals surface area (Å²) < 4.78 is 1.53. The number of rotatable bonds is 3. The first-order valence-corrected chi connectivity index (χ1v) is 5.08. The molecular weight excluding hydrogens is 212 g/mol. The Morgan fingerprint density at radius 2 is 2.25 bits per heavy atom. The number of aliphatic hydroxyl groups excluding tert-OH is 1. The summed E-state index contributed by atoms with van der Waals surface area (Å²) in [7, 11) is 1.70. The maximum absolute atomic E-state index is 10.9. The molecule has 0 spiro atoms. The average Bonchev–Trinajstić information content (AvgIpc) is 2.40. The summed E-state index contributed by atoms with van der Waals surface area (Å²) in [5.41, 5.74) is 0.494. The minimum absolute atomic E-state index is 0.0684. The molecule has 0 atom stereocenters. The summed E-state index contributed by atoms with van der Waals surface area (Å²) in [6, 6.07) is 0. The largest absolute Gasteiger partial charge is 0.396 e. The lowest BCUT2D eigenvalue weighted by Crippen LogP contribution is -2.49. The summed E-state index contributed by atoms with van der Waals surface area (Å²) in [6.07, 6.45) is 0. The van der Waals surface area contributed by atoms with E-state index in [1.807, 2.05) is 4.90 Å². The Labute approximate surface area is 92.4 Å². The molecule has 7 nitrogen and oxygen atoms in total. The third-order valence-electron chi connectivity index (χ3n) is 2.86. The molecule has 0 aliphatic carbocycles. The fourth-order valence-electron chi connectivity index (χ4n) is 2.06. The van der Waals surface area contributed by atoms with Crippen LogP contribution in [0.4, 0.5) is 11.5 Å². The van der Waals surface area contributed by atoms with Crippen LogP contribution in [0.15, 0.2) is 0 Å². The Hall–Kier alpha value is -1.63. The van der Waals surface area contributed by atoms with Crippen molar-refractivity contribution in [2.45, 2.75) is 6.92 Å². The van der Waals surface area contributed by atoms with Crippen LogP contribution >= 0.6 is 0 Å². The van der Waals surface area contributed by atoms with Gasteiger partial charge in [0.15, 0.2) is 0 Å². The quantitative estimate of drug-likeness (QED) is 0.582. The van der Waals surface area contributed by atoms with Gasteiger partial charge in [0.2, 0.25) is 5.82 Å². The number of aromatic nitrogens is 2. The molecule has 88 valence electrons. The minimum atomic E-state index is -0.399. The highest BCUT2D eigenvalue weighted by atomic mass is 16.6. The summed E-state index contributed by atoms with van der Waals surface area (Å²) in [5, 5.41) is 23.9. The monoisotopic (exact) mass is 226 g/mol. The highest BCUT2D eigenvalue weighted by molar-refractivity contribution is 5.62. The molecule has 0 radical (unpaired) electrons. The molecule has 0 unspecified atom stereocenters. The van der Waals surface area contributed by atoms with Crippen molar-refractivity contribution in [1.82, 2.24) is 9.78 Å². The van der Waals surface area contributed by atoms with Gasteiger partial charge in [-0.3, -0.25) is 10.1 Å². The van der Waals surface area contributed by atoms with E-state index in [1.165, 1.54) is 4.68 Å². The molecule has 0 saturated carbocycles. The van der Waals surface area contributed by atoms with Gasteiger partial charge in [0.1, 0.15) is 5.69 Å². The minimum Gasteiger partial charge on any atom is -0.396 e. The second kappa shape index (κ2) is 3.75. The molecule has 1 fully saturated rings. The smallest absolute Gasteiger partial charge is 0.333 e. The SMILES string of the molecule is Cc1nn(C)c(N2CC(CO)C2)c1[N+](=O)[O-]. The highest BCUT2D eigenvalue weighted by Gasteiger charge is 2.35. The average molecular weight is 226 g/mol. The summed E-state index contributed by atoms with van der Waals surface area (Å²) in [6.45, 7) is 3.05. The van der Waals surface area contributed by atoms with Gasteiger partial charge in [-0.15, -0.1) is 0 Å². The number of aryl methyl sites for hydroxylation is 2. The molecule has 16 heavy (non-hydrogen) atoms. The van der Waals surface area contributed by atoms with Gasteiger partial charge in [0.25, 0.3) is 0 Å². The third kappa shape index (κ3) is 1.53. The number of nitro groups is 1. The summed E-state index contributed by atoms with van der Waals surface area (Å²) in [5.74, 6) is 0.752. The van der Waals surface area contributed by atoms with E-state index in [0.717, 1.165) is 0 Å². The van der Waals surface area contributed by atoms with Gasteiger partial charge >= 0.3 is 5.69 Å². The molecule has 1 saturated heterocycles. The molecule has 1 aliphatic heterocycles. The van der Waals surface area contributed by atoms with E-state index in [9.17, 15) is 10.1 Å². The van der Waals surface area contributed by atoms with Gasteiger partial charge in [0, 0.05) is 32.7 Å². The van der Waals surface area contributed by atoms with Crippen LogP contribution in [0.25, 0.3) is 0 Å². The fraction of sp³-hybridized carbons (Fsp3) is 0.667. The lowest BCUT2D eigenvalue weighted by molar-refractivity contribution is -0.384. The molecule has 1 N–H and O–H groups in total. The second-order valence-electron chi connectivity index (χ2n) is 4.09. The number of anilines is 1. The Kier molecular flexibility index (Phi) is 2.55. The highest BCUT2D eigenvalue weighted by Crippen LogP contribution is 2.34. The van der Waals surface area contributed by atoms with Gasteiger partial charge in [0.05, 0.1) is 4.92 Å². The topological polar surface area (TPSA) is 84.4 Å². The van der Waals surface area contributed by atoms with E-state index in [0.29, 0.717) is 24.6 Å². The maximum atomic E-state index is 10.9. The van der Waals surface area contributed by atoms with E-state index >= 15 is 0 Å². The van der Waals surface area contributed by atoms with Crippen molar-refractivity contribution in [3.8, 4) is 0 Å². The lowest BCUT2D eigenvalue weighted by atomic mass is 10.0. The second-order valence-corrected chi connectivity index (χ2v) is 4.09. The van der Waals surface area contributed by atoms with Crippen molar-refractivity contribution in [2.24, 2.45) is 13.0 Å². The first kappa shape index (κ1) is 10.9. The van der Waals surface area contributed by atoms with Crippen LogP contribution in [0.3, 0.4) is 0 Å². The van der Waals surface area contributed by atoms with Crippen LogP contribution in [0.2, 0.25) is 0 Å². The molecule has 7 heteroatoms. The van der Waals surface area contributed by atoms with E-state index in [1.54, 1.807) is 14.0 Å². The Bertz CT molecular complexity index is 423. The molecular formula is C9H14N4O3. The standard InChI is InChI=1S/C9H14N4O3/c1-6-8(13(15)16)9(11(2)10-6)12-3-7(4-12)5-14/h7,14H,3-5H2,1-2H3. The van der Waals surface area contributed by atoms with Gasteiger partial charge in [-0.2, -0.15) is 5.10 Å². The van der Waals surface area contributed by atoms with Crippen LogP contribution in [-0.2, 0) is 7.05 Å². The molecule has 0 bridgehead atoms. The van der Waals surface area contributed by atoms with Crippen molar-refractivity contribution < 1.29 is 10.0 Å². The zero-order chi connectivity index (χ0) is 11.9. The number of hydrogen-bond donors (Lipinski definition) is 1. The predicted molar refractivity (Wildman–Crippen MR) is 57.4 cm³/mol. The summed E-state index contributed by atoms with van der Waals surface area (Å²) in [4.78, 5) is 12.4. The number of nitrogens with zero attached hydrogens (tertiary/aromatic N) is 4. The molecule has 1 aromatic rings. The zero-order valence-corrected chi connectivity index (χ0v) is 9.25. The van der Waals surface area contributed by atoms with Crippen molar-refractivity contribution >= 4 is 11.5 Å². The number of aliphatic hydroxyl groups is 1.